The molecule has 1 unspecified atom stereocenters. The van der Waals surface area contributed by atoms with Crippen molar-refractivity contribution in [2.45, 2.75) is 33.6 Å². The van der Waals surface area contributed by atoms with Gasteiger partial charge in [-0.3, -0.25) is 14.3 Å². The predicted octanol–water partition coefficient (Wildman–Crippen LogP) is 3.36. The Balaban J connectivity index is 1.83. The number of nitrogens with zero attached hydrogens (tertiary/aromatic N) is 4. The first-order chi connectivity index (χ1) is 16.5. The predicted molar refractivity (Wildman–Crippen MR) is 134 cm³/mol. The van der Waals surface area contributed by atoms with Crippen LogP contribution in [0.5, 0.6) is 0 Å². The molecule has 1 aromatic carbocycles. The molecule has 0 aliphatic heterocycles. The lowest BCUT2D eigenvalue weighted by molar-refractivity contribution is 0.0696. The van der Waals surface area contributed by atoms with Crippen LogP contribution in [0.15, 0.2) is 33.9 Å². The van der Waals surface area contributed by atoms with E-state index >= 15 is 0 Å². The molecular formula is C26H27N5O4. The highest BCUT2D eigenvalue weighted by Gasteiger charge is 2.35. The first kappa shape index (κ1) is 22.8. The highest BCUT2D eigenvalue weighted by molar-refractivity contribution is 6.06. The third-order valence-corrected chi connectivity index (χ3v) is 7.13. The minimum absolute atomic E-state index is 0.0778. The van der Waals surface area contributed by atoms with Crippen molar-refractivity contribution in [3.8, 4) is 0 Å². The minimum atomic E-state index is -0.974. The van der Waals surface area contributed by atoms with Gasteiger partial charge in [0, 0.05) is 19.5 Å². The van der Waals surface area contributed by atoms with Crippen LogP contribution in [0.25, 0.3) is 33.7 Å². The molecule has 180 valence electrons. The number of allylic oxidation sites excluding steroid dienone is 1. The van der Waals surface area contributed by atoms with Crippen molar-refractivity contribution in [3.05, 3.63) is 67.7 Å². The fourth-order valence-electron chi connectivity index (χ4n) is 4.99. The number of para-hydroxylation sites is 1. The molecule has 2 N–H and O–H groups in total. The van der Waals surface area contributed by atoms with Gasteiger partial charge in [0.1, 0.15) is 5.82 Å². The highest BCUT2D eigenvalue weighted by atomic mass is 16.4. The van der Waals surface area contributed by atoms with Crippen LogP contribution < -0.4 is 11.2 Å². The van der Waals surface area contributed by atoms with E-state index in [-0.39, 0.29) is 22.5 Å². The van der Waals surface area contributed by atoms with E-state index in [1.165, 1.54) is 4.57 Å². The molecule has 0 bridgehead atoms. The van der Waals surface area contributed by atoms with Crippen LogP contribution in [0.1, 0.15) is 54.6 Å². The zero-order valence-electron chi connectivity index (χ0n) is 20.3. The number of benzene rings is 1. The van der Waals surface area contributed by atoms with Gasteiger partial charge in [-0.15, -0.1) is 0 Å². The lowest BCUT2D eigenvalue weighted by Gasteiger charge is -2.36. The number of H-pyrrole nitrogens is 1. The summed E-state index contributed by atoms with van der Waals surface area (Å²) in [6.45, 7) is 6.46. The Morgan fingerprint density at radius 2 is 1.83 bits per heavy atom. The molecule has 0 amide bonds. The van der Waals surface area contributed by atoms with Crippen molar-refractivity contribution >= 4 is 39.7 Å². The number of aryl methyl sites for hydroxylation is 2. The van der Waals surface area contributed by atoms with E-state index in [4.69, 9.17) is 4.98 Å². The summed E-state index contributed by atoms with van der Waals surface area (Å²) in [5, 5.41) is 10.8. The van der Waals surface area contributed by atoms with Crippen molar-refractivity contribution in [3.63, 3.8) is 0 Å². The molecule has 35 heavy (non-hydrogen) atoms. The van der Waals surface area contributed by atoms with Crippen LogP contribution in [-0.2, 0) is 20.5 Å². The average Bonchev–Trinajstić information content (AvgIpc) is 3.11. The zero-order chi connectivity index (χ0) is 25.2. The fourth-order valence-corrected chi connectivity index (χ4v) is 4.99. The van der Waals surface area contributed by atoms with Gasteiger partial charge in [0.05, 0.1) is 16.8 Å². The van der Waals surface area contributed by atoms with E-state index in [2.05, 4.69) is 30.7 Å². The van der Waals surface area contributed by atoms with Crippen molar-refractivity contribution < 1.29 is 9.90 Å². The fraction of sp³-hybridized carbons (Fsp3) is 0.346. The lowest BCUT2D eigenvalue weighted by Crippen LogP contribution is -2.29. The number of carboxylic acids is 1. The zero-order valence-corrected chi connectivity index (χ0v) is 20.3. The number of pyridine rings is 1. The van der Waals surface area contributed by atoms with E-state index in [1.807, 2.05) is 24.3 Å². The second kappa shape index (κ2) is 7.76. The molecule has 0 fully saturated rings. The molecular weight excluding hydrogens is 446 g/mol. The number of nitrogens with one attached hydrogen (secondary N) is 1. The van der Waals surface area contributed by atoms with Crippen LogP contribution in [0.2, 0.25) is 0 Å². The molecule has 0 spiro atoms. The summed E-state index contributed by atoms with van der Waals surface area (Å²) in [6.07, 6.45) is 3.15. The van der Waals surface area contributed by atoms with Gasteiger partial charge in [0.25, 0.3) is 5.56 Å². The van der Waals surface area contributed by atoms with Gasteiger partial charge in [0.2, 0.25) is 0 Å². The van der Waals surface area contributed by atoms with E-state index < -0.39 is 17.2 Å². The lowest BCUT2D eigenvalue weighted by atomic mass is 9.69. The van der Waals surface area contributed by atoms with E-state index in [1.54, 1.807) is 24.7 Å². The molecule has 0 saturated carbocycles. The van der Waals surface area contributed by atoms with Crippen molar-refractivity contribution in [1.29, 1.82) is 0 Å². The second-order valence-corrected chi connectivity index (χ2v) is 10.3. The number of carbonyl (C=O) groups is 1. The molecule has 1 aliphatic carbocycles. The Kier molecular flexibility index (Phi) is 5.05. The van der Waals surface area contributed by atoms with Gasteiger partial charge in [0.15, 0.2) is 11.2 Å². The number of rotatable bonds is 2. The Morgan fingerprint density at radius 1 is 1.11 bits per heavy atom. The van der Waals surface area contributed by atoms with Crippen LogP contribution in [0.3, 0.4) is 0 Å². The molecule has 3 aromatic heterocycles. The monoisotopic (exact) mass is 473 g/mol. The van der Waals surface area contributed by atoms with Crippen molar-refractivity contribution in [2.24, 2.45) is 25.4 Å². The second-order valence-electron chi connectivity index (χ2n) is 10.3. The summed E-state index contributed by atoms with van der Waals surface area (Å²) < 4.78 is 2.96. The Bertz CT molecular complexity index is 1680. The number of carboxylic acid groups (broad SMARTS) is 1. The largest absolute Gasteiger partial charge is 0.478 e. The van der Waals surface area contributed by atoms with Crippen LogP contribution in [0, 0.1) is 11.3 Å². The topological polar surface area (TPSA) is 123 Å². The summed E-state index contributed by atoms with van der Waals surface area (Å²) in [5.74, 6) is -0.308. The number of fused-ring (bicyclic) bond motifs is 3. The number of aromatic amines is 1. The molecule has 3 heterocycles. The molecule has 1 aliphatic rings. The standard InChI is InChI=1S/C26H27N5O4/c1-26(2,3)14-10-13(11-18-28-22-21(30(18)4)23(32)29-25(35)31(22)5)20-16(12-14)19(24(33)34)15-8-6-7-9-17(15)27-20/h6-9,11,14H,10,12H2,1-5H3,(H,33,34)(H,29,32,35). The third kappa shape index (κ3) is 3.58. The SMILES string of the molecule is Cn1c(C=C2CC(C(C)(C)C)Cc3c2nc2ccccc2c3C(=O)O)nc2c1c(=O)[nH]c(=O)n2C. The van der Waals surface area contributed by atoms with Gasteiger partial charge in [-0.05, 0) is 47.5 Å². The molecule has 0 saturated heterocycles. The summed E-state index contributed by atoms with van der Waals surface area (Å²) in [4.78, 5) is 48.8. The number of imidazole rings is 1. The highest BCUT2D eigenvalue weighted by Crippen LogP contribution is 2.44. The molecule has 9 heteroatoms. The van der Waals surface area contributed by atoms with E-state index in [9.17, 15) is 19.5 Å². The first-order valence-corrected chi connectivity index (χ1v) is 11.5. The molecule has 4 aromatic rings. The van der Waals surface area contributed by atoms with Gasteiger partial charge in [-0.1, -0.05) is 39.0 Å². The number of hydrogen-bond donors (Lipinski definition) is 2. The number of hydrogen-bond acceptors (Lipinski definition) is 5. The molecule has 5 rings (SSSR count). The maximum absolute atomic E-state index is 12.5. The molecule has 9 nitrogen and oxygen atoms in total. The van der Waals surface area contributed by atoms with Gasteiger partial charge in [-0.25, -0.2) is 19.6 Å². The Hall–Kier alpha value is -4.01. The molecule has 1 atom stereocenters. The quantitative estimate of drug-likeness (QED) is 0.460. The Morgan fingerprint density at radius 3 is 2.51 bits per heavy atom. The Labute approximate surface area is 200 Å². The maximum atomic E-state index is 12.5. The minimum Gasteiger partial charge on any atom is -0.478 e. The number of aromatic carboxylic acids is 1. The van der Waals surface area contributed by atoms with Gasteiger partial charge in [-0.2, -0.15) is 0 Å². The van der Waals surface area contributed by atoms with Crippen LogP contribution >= 0.6 is 0 Å². The van der Waals surface area contributed by atoms with Gasteiger partial charge < -0.3 is 9.67 Å². The van der Waals surface area contributed by atoms with Gasteiger partial charge >= 0.3 is 11.7 Å². The maximum Gasteiger partial charge on any atom is 0.336 e. The normalized spacial score (nSPS) is 17.3. The summed E-state index contributed by atoms with van der Waals surface area (Å²) in [7, 11) is 3.28. The smallest absolute Gasteiger partial charge is 0.336 e. The average molecular weight is 474 g/mol. The summed E-state index contributed by atoms with van der Waals surface area (Å²) in [5.41, 5.74) is 2.60. The third-order valence-electron chi connectivity index (χ3n) is 7.13. The van der Waals surface area contributed by atoms with E-state index in [0.29, 0.717) is 40.8 Å². The molecule has 0 radical (unpaired) electrons. The van der Waals surface area contributed by atoms with E-state index in [0.717, 1.165) is 11.1 Å². The van der Waals surface area contributed by atoms with Crippen molar-refractivity contribution in [1.82, 2.24) is 24.1 Å². The number of aromatic nitrogens is 5. The van der Waals surface area contributed by atoms with Crippen LogP contribution in [-0.4, -0.2) is 35.2 Å². The summed E-state index contributed by atoms with van der Waals surface area (Å²) >= 11 is 0. The first-order valence-electron chi connectivity index (χ1n) is 11.5. The van der Waals surface area contributed by atoms with Crippen molar-refractivity contribution in [2.75, 3.05) is 0 Å². The summed E-state index contributed by atoms with van der Waals surface area (Å²) in [6, 6.07) is 7.29. The van der Waals surface area contributed by atoms with Crippen LogP contribution in [0.4, 0.5) is 0 Å².